The smallest absolute Gasteiger partial charge is 0.332 e. The van der Waals surface area contributed by atoms with Gasteiger partial charge in [-0.15, -0.1) is 11.3 Å². The van der Waals surface area contributed by atoms with Crippen molar-refractivity contribution < 1.29 is 14.6 Å². The average Bonchev–Trinajstić information content (AvgIpc) is 2.62. The summed E-state index contributed by atoms with van der Waals surface area (Å²) in [4.78, 5) is 14.8. The summed E-state index contributed by atoms with van der Waals surface area (Å²) in [6.07, 6.45) is 1.26. The molecule has 0 fully saturated rings. The summed E-state index contributed by atoms with van der Waals surface area (Å²) in [6, 6.07) is 0. The number of aryl methyl sites for hydroxylation is 1. The van der Waals surface area contributed by atoms with Crippen molar-refractivity contribution in [3.05, 3.63) is 16.1 Å². The summed E-state index contributed by atoms with van der Waals surface area (Å²) in [5.74, 6) is -0.945. The van der Waals surface area contributed by atoms with E-state index in [0.29, 0.717) is 0 Å². The molecule has 0 radical (unpaired) electrons. The summed E-state index contributed by atoms with van der Waals surface area (Å²) in [7, 11) is 0. The predicted molar refractivity (Wildman–Crippen MR) is 58.0 cm³/mol. The number of carboxylic acid groups (broad SMARTS) is 1. The van der Waals surface area contributed by atoms with E-state index in [0.717, 1.165) is 23.5 Å². The number of hydrogen-bond donors (Lipinski definition) is 1. The van der Waals surface area contributed by atoms with Gasteiger partial charge >= 0.3 is 5.97 Å². The second-order valence-corrected chi connectivity index (χ2v) is 4.22. The van der Waals surface area contributed by atoms with Gasteiger partial charge in [-0.3, -0.25) is 0 Å². The molecule has 15 heavy (non-hydrogen) atoms. The number of aromatic nitrogens is 1. The third kappa shape index (κ3) is 3.97. The van der Waals surface area contributed by atoms with Crippen LogP contribution < -0.4 is 0 Å². The molecule has 4 nitrogen and oxygen atoms in total. The Morgan fingerprint density at radius 1 is 1.73 bits per heavy atom. The fourth-order valence-electron chi connectivity index (χ4n) is 1.03. The molecule has 1 atom stereocenters. The molecule has 0 amide bonds. The number of carboxylic acids is 1. The van der Waals surface area contributed by atoms with Crippen molar-refractivity contribution in [1.82, 2.24) is 4.98 Å². The highest BCUT2D eigenvalue weighted by atomic mass is 32.1. The predicted octanol–water partition coefficient (Wildman–Crippen LogP) is 2.09. The molecule has 0 aliphatic rings. The number of nitrogens with zero attached hydrogens (tertiary/aromatic N) is 1. The molecule has 0 aliphatic heterocycles. The van der Waals surface area contributed by atoms with Crippen LogP contribution in [0.3, 0.4) is 0 Å². The van der Waals surface area contributed by atoms with E-state index < -0.39 is 12.1 Å². The van der Waals surface area contributed by atoms with E-state index >= 15 is 0 Å². The van der Waals surface area contributed by atoms with Crippen molar-refractivity contribution in [2.75, 3.05) is 0 Å². The van der Waals surface area contributed by atoms with Crippen LogP contribution in [-0.4, -0.2) is 22.2 Å². The van der Waals surface area contributed by atoms with Gasteiger partial charge in [-0.05, 0) is 19.8 Å². The molecule has 1 aromatic heterocycles. The van der Waals surface area contributed by atoms with E-state index in [9.17, 15) is 4.79 Å². The molecule has 0 aliphatic carbocycles. The topological polar surface area (TPSA) is 59.4 Å². The first kappa shape index (κ1) is 12.1. The van der Waals surface area contributed by atoms with E-state index in [1.165, 1.54) is 6.92 Å². The lowest BCUT2D eigenvalue weighted by molar-refractivity contribution is -0.149. The standard InChI is InChI=1S/C10H15NO3S/c1-3-4-9-11-8(6-15-9)5-14-7(2)10(12)13/h6-7H,3-5H2,1-2H3,(H,12,13). The van der Waals surface area contributed by atoms with Crippen molar-refractivity contribution in [2.24, 2.45) is 0 Å². The van der Waals surface area contributed by atoms with Gasteiger partial charge < -0.3 is 9.84 Å². The summed E-state index contributed by atoms with van der Waals surface area (Å²) in [6.45, 7) is 3.89. The summed E-state index contributed by atoms with van der Waals surface area (Å²) in [5.41, 5.74) is 0.816. The van der Waals surface area contributed by atoms with Gasteiger partial charge in [0.1, 0.15) is 0 Å². The highest BCUT2D eigenvalue weighted by Gasteiger charge is 2.11. The van der Waals surface area contributed by atoms with Crippen LogP contribution >= 0.6 is 11.3 Å². The highest BCUT2D eigenvalue weighted by molar-refractivity contribution is 7.09. The zero-order valence-electron chi connectivity index (χ0n) is 8.90. The van der Waals surface area contributed by atoms with Crippen molar-refractivity contribution in [2.45, 2.75) is 39.4 Å². The molecular formula is C10H15NO3S. The Morgan fingerprint density at radius 2 is 2.47 bits per heavy atom. The average molecular weight is 229 g/mol. The maximum Gasteiger partial charge on any atom is 0.332 e. The second kappa shape index (κ2) is 5.82. The Balaban J connectivity index is 2.40. The van der Waals surface area contributed by atoms with E-state index in [2.05, 4.69) is 11.9 Å². The van der Waals surface area contributed by atoms with Crippen LogP contribution in [0.4, 0.5) is 0 Å². The van der Waals surface area contributed by atoms with Crippen LogP contribution in [0, 0.1) is 0 Å². The third-order valence-corrected chi connectivity index (χ3v) is 2.85. The van der Waals surface area contributed by atoms with Gasteiger partial charge in [0.15, 0.2) is 6.10 Å². The number of rotatable bonds is 6. The van der Waals surface area contributed by atoms with E-state index in [1.807, 2.05) is 5.38 Å². The number of thiazole rings is 1. The molecule has 1 aromatic rings. The van der Waals surface area contributed by atoms with Crippen molar-refractivity contribution in [3.63, 3.8) is 0 Å². The largest absolute Gasteiger partial charge is 0.479 e. The normalized spacial score (nSPS) is 12.7. The molecule has 0 spiro atoms. The fraction of sp³-hybridized carbons (Fsp3) is 0.600. The Morgan fingerprint density at radius 3 is 3.07 bits per heavy atom. The lowest BCUT2D eigenvalue weighted by atomic mass is 10.3. The minimum atomic E-state index is -0.945. The molecule has 0 saturated heterocycles. The Kier molecular flexibility index (Phi) is 4.71. The molecule has 0 saturated carbocycles. The quantitative estimate of drug-likeness (QED) is 0.811. The molecule has 1 rings (SSSR count). The second-order valence-electron chi connectivity index (χ2n) is 3.27. The number of aliphatic carboxylic acids is 1. The van der Waals surface area contributed by atoms with Crippen LogP contribution in [0.15, 0.2) is 5.38 Å². The first-order valence-corrected chi connectivity index (χ1v) is 5.79. The van der Waals surface area contributed by atoms with Crippen molar-refractivity contribution in [1.29, 1.82) is 0 Å². The van der Waals surface area contributed by atoms with Gasteiger partial charge in [0.25, 0.3) is 0 Å². The summed E-state index contributed by atoms with van der Waals surface area (Å²) >= 11 is 1.60. The van der Waals surface area contributed by atoms with Crippen LogP contribution in [0.5, 0.6) is 0 Å². The van der Waals surface area contributed by atoms with E-state index in [1.54, 1.807) is 11.3 Å². The van der Waals surface area contributed by atoms with E-state index in [4.69, 9.17) is 9.84 Å². The zero-order valence-corrected chi connectivity index (χ0v) is 9.71. The maximum absolute atomic E-state index is 10.5. The van der Waals surface area contributed by atoms with Gasteiger partial charge in [0.2, 0.25) is 0 Å². The SMILES string of the molecule is CCCc1nc(COC(C)C(=O)O)cs1. The lowest BCUT2D eigenvalue weighted by Gasteiger charge is -2.05. The van der Waals surface area contributed by atoms with Crippen LogP contribution in [-0.2, 0) is 22.6 Å². The number of carbonyl (C=O) groups is 1. The highest BCUT2D eigenvalue weighted by Crippen LogP contribution is 2.13. The first-order chi connectivity index (χ1) is 7.13. The molecule has 1 N–H and O–H groups in total. The zero-order chi connectivity index (χ0) is 11.3. The van der Waals surface area contributed by atoms with Gasteiger partial charge in [-0.2, -0.15) is 0 Å². The molecule has 1 heterocycles. The van der Waals surface area contributed by atoms with Crippen molar-refractivity contribution >= 4 is 17.3 Å². The monoisotopic (exact) mass is 229 g/mol. The Hall–Kier alpha value is -0.940. The molecule has 1 unspecified atom stereocenters. The summed E-state index contributed by atoms with van der Waals surface area (Å²) < 4.78 is 5.13. The Bertz CT molecular complexity index is 324. The number of ether oxygens (including phenoxy) is 1. The van der Waals surface area contributed by atoms with Crippen molar-refractivity contribution in [3.8, 4) is 0 Å². The fourth-order valence-corrected chi connectivity index (χ4v) is 1.91. The Labute approximate surface area is 92.9 Å². The number of hydrogen-bond acceptors (Lipinski definition) is 4. The molecule has 0 aromatic carbocycles. The minimum Gasteiger partial charge on any atom is -0.479 e. The van der Waals surface area contributed by atoms with Crippen LogP contribution in [0.1, 0.15) is 31.0 Å². The lowest BCUT2D eigenvalue weighted by Crippen LogP contribution is -2.19. The summed E-state index contributed by atoms with van der Waals surface area (Å²) in [5, 5.41) is 11.6. The minimum absolute atomic E-state index is 0.272. The maximum atomic E-state index is 10.5. The van der Waals surface area contributed by atoms with Gasteiger partial charge in [-0.25, -0.2) is 9.78 Å². The van der Waals surface area contributed by atoms with Gasteiger partial charge in [0.05, 0.1) is 17.3 Å². The molecule has 5 heteroatoms. The van der Waals surface area contributed by atoms with Gasteiger partial charge in [0, 0.05) is 5.38 Å². The molecule has 0 bridgehead atoms. The van der Waals surface area contributed by atoms with Crippen LogP contribution in [0.25, 0.3) is 0 Å². The third-order valence-electron chi connectivity index (χ3n) is 1.89. The van der Waals surface area contributed by atoms with E-state index in [-0.39, 0.29) is 6.61 Å². The molecular weight excluding hydrogens is 214 g/mol. The first-order valence-electron chi connectivity index (χ1n) is 4.91. The molecule has 84 valence electrons. The van der Waals surface area contributed by atoms with Crippen LogP contribution in [0.2, 0.25) is 0 Å². The van der Waals surface area contributed by atoms with Gasteiger partial charge in [-0.1, -0.05) is 6.92 Å².